The second-order valence-electron chi connectivity index (χ2n) is 14.5. The Balaban J connectivity index is 0.000000128. The molecule has 1 fully saturated rings. The van der Waals surface area contributed by atoms with Crippen molar-refractivity contribution in [2.45, 2.75) is 23.7 Å². The molecule has 50 heavy (non-hydrogen) atoms. The lowest BCUT2D eigenvalue weighted by atomic mass is 9.77. The smallest absolute Gasteiger partial charge is 0.231 e. The number of nitrogens with one attached hydrogen (secondary N) is 1. The highest BCUT2D eigenvalue weighted by Gasteiger charge is 2.52. The fraction of sp³-hybridized carbons (Fsp3) is 0.400. The highest BCUT2D eigenvalue weighted by Crippen LogP contribution is 2.56. The third-order valence-electron chi connectivity index (χ3n) is 11.7. The molecule has 0 radical (unpaired) electrons. The molecule has 7 heterocycles. The van der Waals surface area contributed by atoms with Crippen LogP contribution in [0.5, 0.6) is 34.5 Å². The first-order valence-electron chi connectivity index (χ1n) is 17.9. The fourth-order valence-electron chi connectivity index (χ4n) is 9.29. The third kappa shape index (κ3) is 4.54. The normalized spacial score (nSPS) is 24.4. The average molecular weight is 675 g/mol. The van der Waals surface area contributed by atoms with E-state index in [9.17, 15) is 0 Å². The van der Waals surface area contributed by atoms with Crippen molar-refractivity contribution in [2.75, 3.05) is 82.4 Å². The molecule has 0 amide bonds. The highest BCUT2D eigenvalue weighted by molar-refractivity contribution is 5.72. The molecule has 2 spiro atoms. The van der Waals surface area contributed by atoms with Gasteiger partial charge in [0.15, 0.2) is 23.0 Å². The molecule has 7 aliphatic heterocycles. The average Bonchev–Trinajstić information content (AvgIpc) is 4.01. The number of ether oxygens (including phenoxy) is 6. The number of hydrogen-bond donors (Lipinski definition) is 2. The van der Waals surface area contributed by atoms with Crippen LogP contribution in [0.15, 0.2) is 72.8 Å². The van der Waals surface area contributed by atoms with Crippen molar-refractivity contribution in [1.29, 1.82) is 0 Å². The van der Waals surface area contributed by atoms with Crippen molar-refractivity contribution in [2.24, 2.45) is 11.7 Å². The van der Waals surface area contributed by atoms with E-state index in [1.54, 1.807) is 0 Å². The van der Waals surface area contributed by atoms with Crippen LogP contribution in [0.25, 0.3) is 0 Å². The molecule has 4 aromatic carbocycles. The van der Waals surface area contributed by atoms with Gasteiger partial charge >= 0.3 is 0 Å². The molecule has 4 aromatic rings. The largest absolute Gasteiger partial charge is 0.492 e. The Morgan fingerprint density at radius 2 is 1.10 bits per heavy atom. The summed E-state index contributed by atoms with van der Waals surface area (Å²) in [4.78, 5) is 4.95. The maximum absolute atomic E-state index is 6.18. The van der Waals surface area contributed by atoms with Crippen molar-refractivity contribution in [1.82, 2.24) is 5.32 Å². The van der Waals surface area contributed by atoms with Crippen LogP contribution < -0.4 is 49.3 Å². The molecule has 2 unspecified atom stereocenters. The van der Waals surface area contributed by atoms with Gasteiger partial charge in [-0.3, -0.25) is 0 Å². The number of hydrogen-bond acceptors (Lipinski definition) is 10. The van der Waals surface area contributed by atoms with E-state index in [2.05, 4.69) is 75.8 Å². The Morgan fingerprint density at radius 1 is 0.600 bits per heavy atom. The van der Waals surface area contributed by atoms with E-state index >= 15 is 0 Å². The maximum atomic E-state index is 6.18. The molecule has 0 saturated carbocycles. The maximum Gasteiger partial charge on any atom is 0.231 e. The molecular formula is C40H42N4O6. The Hall–Kier alpha value is -4.80. The van der Waals surface area contributed by atoms with Gasteiger partial charge in [0, 0.05) is 67.4 Å². The minimum Gasteiger partial charge on any atom is -0.492 e. The molecule has 258 valence electrons. The lowest BCUT2D eigenvalue weighted by Crippen LogP contribution is -2.40. The lowest BCUT2D eigenvalue weighted by molar-refractivity contribution is 0.173. The fourth-order valence-corrected chi connectivity index (χ4v) is 9.29. The van der Waals surface area contributed by atoms with Crippen molar-refractivity contribution in [3.63, 3.8) is 0 Å². The van der Waals surface area contributed by atoms with Crippen LogP contribution in [0.4, 0.5) is 11.4 Å². The van der Waals surface area contributed by atoms with Crippen LogP contribution >= 0.6 is 0 Å². The number of nitrogens with two attached hydrogens (primary N) is 1. The quantitative estimate of drug-likeness (QED) is 0.315. The summed E-state index contributed by atoms with van der Waals surface area (Å²) in [5, 5.41) is 3.48. The SMILES string of the molecule is NCCN1CC2(COc3cc4c(cc32)OCO4)c2ccccc21.c1ccc2c(c1)N(CC1CCNCC1)CC21COc2cc3c(cc21)OCO3. The van der Waals surface area contributed by atoms with Crippen molar-refractivity contribution < 1.29 is 28.4 Å². The van der Waals surface area contributed by atoms with E-state index in [4.69, 9.17) is 34.2 Å². The summed E-state index contributed by atoms with van der Waals surface area (Å²) >= 11 is 0. The van der Waals surface area contributed by atoms with Crippen LogP contribution in [0.2, 0.25) is 0 Å². The zero-order valence-electron chi connectivity index (χ0n) is 28.1. The first-order chi connectivity index (χ1) is 24.6. The molecule has 0 aromatic heterocycles. The van der Waals surface area contributed by atoms with Crippen LogP contribution in [0.1, 0.15) is 35.1 Å². The van der Waals surface area contributed by atoms with Gasteiger partial charge in [-0.05, 0) is 67.2 Å². The Labute approximate surface area is 291 Å². The summed E-state index contributed by atoms with van der Waals surface area (Å²) in [7, 11) is 0. The summed E-state index contributed by atoms with van der Waals surface area (Å²) in [5.74, 6) is 5.82. The predicted octanol–water partition coefficient (Wildman–Crippen LogP) is 4.79. The molecule has 7 aliphatic rings. The van der Waals surface area contributed by atoms with Crippen LogP contribution in [-0.2, 0) is 10.8 Å². The number of benzene rings is 4. The molecule has 10 heteroatoms. The second-order valence-corrected chi connectivity index (χ2v) is 14.5. The van der Waals surface area contributed by atoms with Crippen molar-refractivity contribution >= 4 is 11.4 Å². The zero-order valence-corrected chi connectivity index (χ0v) is 28.1. The number of piperidine rings is 1. The van der Waals surface area contributed by atoms with Gasteiger partial charge in [0.1, 0.15) is 24.7 Å². The standard InChI is InChI=1S/C22H24N2O3.C18H18N2O3/c1-2-4-18-16(3-1)22(12-24(18)11-15-5-7-23-8-6-15)13-25-19-10-21-20(9-17(19)22)26-14-27-21;19-5-6-20-9-18(12-3-1-2-4-14(12)20)10-21-15-8-17-16(7-13(15)18)22-11-23-17/h1-4,9-10,15,23H,5-8,11-14H2;1-4,7-8H,5-6,9-11,19H2. The van der Waals surface area contributed by atoms with Gasteiger partial charge in [-0.25, -0.2) is 0 Å². The van der Waals surface area contributed by atoms with Gasteiger partial charge in [0.05, 0.1) is 10.8 Å². The van der Waals surface area contributed by atoms with Gasteiger partial charge in [0.2, 0.25) is 13.6 Å². The monoisotopic (exact) mass is 674 g/mol. The van der Waals surface area contributed by atoms with Gasteiger partial charge in [-0.15, -0.1) is 0 Å². The lowest BCUT2D eigenvalue weighted by Gasteiger charge is -2.30. The van der Waals surface area contributed by atoms with Crippen molar-refractivity contribution in [3.8, 4) is 34.5 Å². The molecule has 3 N–H and O–H groups in total. The first-order valence-corrected chi connectivity index (χ1v) is 17.9. The summed E-state index contributed by atoms with van der Waals surface area (Å²) in [6.07, 6.45) is 2.52. The van der Waals surface area contributed by atoms with Crippen LogP contribution in [0, 0.1) is 5.92 Å². The molecule has 10 nitrogen and oxygen atoms in total. The van der Waals surface area contributed by atoms with E-state index in [0.29, 0.717) is 26.6 Å². The van der Waals surface area contributed by atoms with Gasteiger partial charge in [-0.2, -0.15) is 0 Å². The number of rotatable bonds is 4. The predicted molar refractivity (Wildman–Crippen MR) is 190 cm³/mol. The Kier molecular flexibility index (Phi) is 6.99. The molecule has 2 atom stereocenters. The Bertz CT molecular complexity index is 1960. The summed E-state index contributed by atoms with van der Waals surface area (Å²) < 4.78 is 34.5. The Morgan fingerprint density at radius 3 is 1.66 bits per heavy atom. The van der Waals surface area contributed by atoms with Gasteiger partial charge in [0.25, 0.3) is 0 Å². The van der Waals surface area contributed by atoms with E-state index < -0.39 is 0 Å². The molecule has 0 aliphatic carbocycles. The number of nitrogens with zero attached hydrogens (tertiary/aromatic N) is 2. The number of para-hydroxylation sites is 2. The second kappa shape index (κ2) is 11.6. The first kappa shape index (κ1) is 30.1. The van der Waals surface area contributed by atoms with E-state index in [1.165, 1.54) is 46.5 Å². The molecule has 1 saturated heterocycles. The molecular weight excluding hydrogens is 632 g/mol. The number of fused-ring (bicyclic) bond motifs is 10. The van der Waals surface area contributed by atoms with E-state index in [0.717, 1.165) is 79.7 Å². The number of anilines is 2. The van der Waals surface area contributed by atoms with Crippen molar-refractivity contribution in [3.05, 3.63) is 95.1 Å². The zero-order chi connectivity index (χ0) is 33.3. The summed E-state index contributed by atoms with van der Waals surface area (Å²) in [6, 6.07) is 25.6. The molecule has 11 rings (SSSR count). The van der Waals surface area contributed by atoms with E-state index in [-0.39, 0.29) is 17.6 Å². The van der Waals surface area contributed by atoms with Gasteiger partial charge < -0.3 is 49.3 Å². The van der Waals surface area contributed by atoms with E-state index in [1.807, 2.05) is 12.1 Å². The third-order valence-corrected chi connectivity index (χ3v) is 11.7. The van der Waals surface area contributed by atoms with Gasteiger partial charge in [-0.1, -0.05) is 36.4 Å². The van der Waals surface area contributed by atoms with Crippen LogP contribution in [0.3, 0.4) is 0 Å². The van der Waals surface area contributed by atoms with Crippen LogP contribution in [-0.4, -0.2) is 72.6 Å². The highest BCUT2D eigenvalue weighted by atomic mass is 16.7. The minimum atomic E-state index is -0.151. The summed E-state index contributed by atoms with van der Waals surface area (Å²) in [6.45, 7) is 8.65. The molecule has 0 bridgehead atoms. The minimum absolute atomic E-state index is 0.111. The topological polar surface area (TPSA) is 99.9 Å². The summed E-state index contributed by atoms with van der Waals surface area (Å²) in [5.41, 5.74) is 13.3.